The van der Waals surface area contributed by atoms with Crippen LogP contribution in [0, 0.1) is 5.92 Å². The van der Waals surface area contributed by atoms with E-state index in [0.29, 0.717) is 31.2 Å². The van der Waals surface area contributed by atoms with Gasteiger partial charge in [-0.15, -0.1) is 0 Å². The molecule has 0 unspecified atom stereocenters. The molecule has 1 aliphatic carbocycles. The average Bonchev–Trinajstić information content (AvgIpc) is 3.14. The number of Topliss-reactive ketones (excluding diaryl/α,β-unsaturated/α-hetero) is 1. The second-order valence-corrected chi connectivity index (χ2v) is 8.66. The smallest absolute Gasteiger partial charge is 0.251 e. The number of H-pyrrole nitrogens is 1. The summed E-state index contributed by atoms with van der Waals surface area (Å²) in [6, 6.07) is 13.9. The molecule has 0 aliphatic heterocycles. The van der Waals surface area contributed by atoms with Gasteiger partial charge in [-0.1, -0.05) is 44.2 Å². The molecule has 1 aliphatic rings. The van der Waals surface area contributed by atoms with Gasteiger partial charge in [0.05, 0.1) is 5.69 Å². The van der Waals surface area contributed by atoms with E-state index in [1.165, 1.54) is 0 Å². The van der Waals surface area contributed by atoms with Crippen molar-refractivity contribution in [3.05, 3.63) is 71.0 Å². The Labute approximate surface area is 188 Å². The molecule has 0 saturated carbocycles. The van der Waals surface area contributed by atoms with Crippen LogP contribution in [0.25, 0.3) is 11.3 Å². The molecule has 6 heteroatoms. The number of ether oxygens (including phenoxy) is 1. The molecule has 0 bridgehead atoms. The van der Waals surface area contributed by atoms with Crippen LogP contribution in [0.3, 0.4) is 0 Å². The van der Waals surface area contributed by atoms with Gasteiger partial charge in [0.1, 0.15) is 12.4 Å². The number of aryl methyl sites for hydroxylation is 1. The van der Waals surface area contributed by atoms with Gasteiger partial charge in [0, 0.05) is 42.5 Å². The molecule has 0 radical (unpaired) electrons. The highest BCUT2D eigenvalue weighted by Crippen LogP contribution is 2.35. The van der Waals surface area contributed by atoms with E-state index < -0.39 is 0 Å². The Morgan fingerprint density at radius 1 is 1.19 bits per heavy atom. The van der Waals surface area contributed by atoms with E-state index >= 15 is 0 Å². The topological polar surface area (TPSA) is 84.1 Å². The van der Waals surface area contributed by atoms with Crippen LogP contribution in [0.4, 0.5) is 5.82 Å². The highest BCUT2D eigenvalue weighted by Gasteiger charge is 2.26. The third-order valence-corrected chi connectivity index (χ3v) is 5.51. The second kappa shape index (κ2) is 9.92. The molecular formula is C26H29N3O3. The van der Waals surface area contributed by atoms with Gasteiger partial charge in [-0.25, -0.2) is 4.98 Å². The van der Waals surface area contributed by atoms with E-state index in [1.54, 1.807) is 6.20 Å². The summed E-state index contributed by atoms with van der Waals surface area (Å²) >= 11 is 0. The van der Waals surface area contributed by atoms with Crippen LogP contribution < -0.4 is 5.32 Å². The number of pyridine rings is 1. The molecule has 0 spiro atoms. The van der Waals surface area contributed by atoms with Gasteiger partial charge in [-0.05, 0) is 42.0 Å². The van der Waals surface area contributed by atoms with Gasteiger partial charge in [-0.3, -0.25) is 9.59 Å². The first-order valence-electron chi connectivity index (χ1n) is 11.2. The number of carbonyl (C=O) groups excluding carboxylic acids is 2. The fourth-order valence-corrected chi connectivity index (χ4v) is 4.11. The summed E-state index contributed by atoms with van der Waals surface area (Å²) in [6.07, 6.45) is 4.66. The summed E-state index contributed by atoms with van der Waals surface area (Å²) in [5.74, 6) is 0.796. The first kappa shape index (κ1) is 22.0. The Morgan fingerprint density at radius 3 is 2.78 bits per heavy atom. The van der Waals surface area contributed by atoms with Gasteiger partial charge >= 0.3 is 0 Å². The summed E-state index contributed by atoms with van der Waals surface area (Å²) in [5, 5.41) is 2.81. The number of anilines is 1. The SMILES string of the molecule is CC(C)COCC(=O)Nc1cc(-c2[nH]c3c(c2Cc2ccccc2)C(=O)CCC3)ccn1. The molecule has 2 heterocycles. The standard InChI is InChI=1S/C26H29N3O3/c1-17(2)15-32-16-24(31)29-23-14-19(11-12-27-23)26-20(13-18-7-4-3-5-8-18)25-21(28-26)9-6-10-22(25)30/h3-5,7-8,11-12,14,17,28H,6,9-10,13,15-16H2,1-2H3,(H,27,29,31). The Hall–Kier alpha value is -3.25. The maximum Gasteiger partial charge on any atom is 0.251 e. The largest absolute Gasteiger partial charge is 0.371 e. The number of amides is 1. The van der Waals surface area contributed by atoms with E-state index in [9.17, 15) is 9.59 Å². The number of aromatic amines is 1. The minimum Gasteiger partial charge on any atom is -0.371 e. The highest BCUT2D eigenvalue weighted by molar-refractivity contribution is 6.01. The van der Waals surface area contributed by atoms with Crippen LogP contribution in [0.15, 0.2) is 48.7 Å². The van der Waals surface area contributed by atoms with Crippen LogP contribution >= 0.6 is 0 Å². The number of nitrogens with one attached hydrogen (secondary N) is 2. The first-order valence-corrected chi connectivity index (χ1v) is 11.2. The third-order valence-electron chi connectivity index (χ3n) is 5.51. The fraction of sp³-hybridized carbons (Fsp3) is 0.346. The fourth-order valence-electron chi connectivity index (χ4n) is 4.11. The lowest BCUT2D eigenvalue weighted by Crippen LogP contribution is -2.20. The average molecular weight is 432 g/mol. The molecule has 4 rings (SSSR count). The molecule has 2 aromatic heterocycles. The molecule has 166 valence electrons. The lowest BCUT2D eigenvalue weighted by Gasteiger charge is -2.12. The highest BCUT2D eigenvalue weighted by atomic mass is 16.5. The molecule has 1 aromatic carbocycles. The van der Waals surface area contributed by atoms with Gasteiger partial charge in [-0.2, -0.15) is 0 Å². The Morgan fingerprint density at radius 2 is 2.00 bits per heavy atom. The molecular weight excluding hydrogens is 402 g/mol. The van der Waals surface area contributed by atoms with Crippen molar-refractivity contribution >= 4 is 17.5 Å². The Bertz CT molecular complexity index is 1100. The minimum atomic E-state index is -0.235. The van der Waals surface area contributed by atoms with Gasteiger partial charge in [0.25, 0.3) is 5.91 Å². The van der Waals surface area contributed by atoms with E-state index in [2.05, 4.69) is 27.4 Å². The third kappa shape index (κ3) is 5.14. The predicted molar refractivity (Wildman–Crippen MR) is 125 cm³/mol. The van der Waals surface area contributed by atoms with Crippen molar-refractivity contribution < 1.29 is 14.3 Å². The Kier molecular flexibility index (Phi) is 6.81. The lowest BCUT2D eigenvalue weighted by atomic mass is 9.90. The number of hydrogen-bond acceptors (Lipinski definition) is 4. The molecule has 0 atom stereocenters. The van der Waals surface area contributed by atoms with Crippen molar-refractivity contribution in [3.63, 3.8) is 0 Å². The predicted octanol–water partition coefficient (Wildman–Crippen LogP) is 4.80. The Balaban J connectivity index is 1.62. The van der Waals surface area contributed by atoms with Gasteiger partial charge in [0.15, 0.2) is 5.78 Å². The van der Waals surface area contributed by atoms with E-state index in [4.69, 9.17) is 4.74 Å². The number of carbonyl (C=O) groups is 2. The number of hydrogen-bond donors (Lipinski definition) is 2. The number of aromatic nitrogens is 2. The molecule has 2 N–H and O–H groups in total. The molecule has 32 heavy (non-hydrogen) atoms. The maximum absolute atomic E-state index is 12.8. The minimum absolute atomic E-state index is 0.00531. The molecule has 1 amide bonds. The second-order valence-electron chi connectivity index (χ2n) is 8.66. The first-order chi connectivity index (χ1) is 15.5. The van der Waals surface area contributed by atoms with Crippen LogP contribution in [-0.2, 0) is 22.4 Å². The van der Waals surface area contributed by atoms with Crippen molar-refractivity contribution in [2.75, 3.05) is 18.5 Å². The van der Waals surface area contributed by atoms with Crippen molar-refractivity contribution in [3.8, 4) is 11.3 Å². The zero-order valence-corrected chi connectivity index (χ0v) is 18.6. The van der Waals surface area contributed by atoms with Crippen LogP contribution in [-0.4, -0.2) is 34.9 Å². The van der Waals surface area contributed by atoms with Crippen LogP contribution in [0.1, 0.15) is 53.9 Å². The summed E-state index contributed by atoms with van der Waals surface area (Å²) in [4.78, 5) is 32.8. The van der Waals surface area contributed by atoms with Crippen molar-refractivity contribution in [2.24, 2.45) is 5.92 Å². The molecule has 0 saturated heterocycles. The van der Waals surface area contributed by atoms with Crippen molar-refractivity contribution in [1.82, 2.24) is 9.97 Å². The lowest BCUT2D eigenvalue weighted by molar-refractivity contribution is -0.120. The number of rotatable bonds is 8. The molecule has 0 fully saturated rings. The maximum atomic E-state index is 12.8. The number of nitrogens with zero attached hydrogens (tertiary/aromatic N) is 1. The van der Waals surface area contributed by atoms with E-state index in [0.717, 1.165) is 46.5 Å². The van der Waals surface area contributed by atoms with Crippen molar-refractivity contribution in [1.29, 1.82) is 0 Å². The molecule has 6 nitrogen and oxygen atoms in total. The summed E-state index contributed by atoms with van der Waals surface area (Å²) in [6.45, 7) is 4.60. The summed E-state index contributed by atoms with van der Waals surface area (Å²) < 4.78 is 5.41. The van der Waals surface area contributed by atoms with Crippen LogP contribution in [0.5, 0.6) is 0 Å². The van der Waals surface area contributed by atoms with Gasteiger partial charge < -0.3 is 15.0 Å². The summed E-state index contributed by atoms with van der Waals surface area (Å²) in [5.41, 5.74) is 5.82. The van der Waals surface area contributed by atoms with E-state index in [-0.39, 0.29) is 18.3 Å². The monoisotopic (exact) mass is 431 g/mol. The normalized spacial score (nSPS) is 13.3. The quantitative estimate of drug-likeness (QED) is 0.537. The number of ketones is 1. The molecule has 3 aromatic rings. The zero-order chi connectivity index (χ0) is 22.5. The number of fused-ring (bicyclic) bond motifs is 1. The van der Waals surface area contributed by atoms with Crippen molar-refractivity contribution in [2.45, 2.75) is 39.5 Å². The zero-order valence-electron chi connectivity index (χ0n) is 18.6. The van der Waals surface area contributed by atoms with E-state index in [1.807, 2.05) is 44.2 Å². The van der Waals surface area contributed by atoms with Crippen LogP contribution in [0.2, 0.25) is 0 Å². The summed E-state index contributed by atoms with van der Waals surface area (Å²) in [7, 11) is 0. The van der Waals surface area contributed by atoms with Gasteiger partial charge in [0.2, 0.25) is 0 Å². The number of benzene rings is 1.